The molecule has 1 saturated carbocycles. The molecular weight excluding hydrogens is 354 g/mol. The lowest BCUT2D eigenvalue weighted by atomic mass is 9.89. The molecule has 1 aromatic heterocycles. The highest BCUT2D eigenvalue weighted by Gasteiger charge is 2.41. The molecule has 28 heavy (non-hydrogen) atoms. The average molecular weight is 379 g/mol. The molecule has 1 aliphatic carbocycles. The van der Waals surface area contributed by atoms with E-state index in [2.05, 4.69) is 35.8 Å². The molecule has 0 N–H and O–H groups in total. The molecule has 1 spiro atoms. The van der Waals surface area contributed by atoms with Gasteiger partial charge >= 0.3 is 5.97 Å². The van der Waals surface area contributed by atoms with Gasteiger partial charge in [-0.05, 0) is 43.5 Å². The van der Waals surface area contributed by atoms with Gasteiger partial charge in [-0.25, -0.2) is 4.79 Å². The lowest BCUT2D eigenvalue weighted by Crippen LogP contribution is -2.35. The zero-order valence-corrected chi connectivity index (χ0v) is 16.4. The van der Waals surface area contributed by atoms with Crippen LogP contribution < -0.4 is 0 Å². The van der Waals surface area contributed by atoms with Gasteiger partial charge in [-0.1, -0.05) is 18.2 Å². The molecule has 2 aromatic carbocycles. The largest absolute Gasteiger partial charge is 0.465 e. The van der Waals surface area contributed by atoms with E-state index >= 15 is 0 Å². The molecule has 2 aliphatic rings. The van der Waals surface area contributed by atoms with Crippen LogP contribution in [0.3, 0.4) is 0 Å². The molecule has 5 rings (SSSR count). The van der Waals surface area contributed by atoms with Gasteiger partial charge in [0.05, 0.1) is 31.4 Å². The van der Waals surface area contributed by atoms with Crippen molar-refractivity contribution in [1.29, 1.82) is 0 Å². The number of carbonyl (C=O) groups excluding carboxylic acids is 1. The fraction of sp³-hybridized carbons (Fsp3) is 0.435. The van der Waals surface area contributed by atoms with Crippen molar-refractivity contribution in [2.45, 2.75) is 44.4 Å². The molecule has 0 amide bonds. The minimum Gasteiger partial charge on any atom is -0.465 e. The number of ether oxygens (including phenoxy) is 3. The first-order valence-electron chi connectivity index (χ1n) is 10.0. The number of aryl methyl sites for hydroxylation is 1. The number of esters is 1. The summed E-state index contributed by atoms with van der Waals surface area (Å²) in [4.78, 5) is 12.1. The third-order valence-electron chi connectivity index (χ3n) is 6.35. The van der Waals surface area contributed by atoms with Crippen LogP contribution in [0.15, 0.2) is 36.4 Å². The minimum atomic E-state index is -0.373. The minimum absolute atomic E-state index is 0.300. The molecule has 2 heterocycles. The summed E-state index contributed by atoms with van der Waals surface area (Å²) in [7, 11) is 1.43. The average Bonchev–Trinajstić information content (AvgIpc) is 3.31. The number of hydrogen-bond acceptors (Lipinski definition) is 4. The summed E-state index contributed by atoms with van der Waals surface area (Å²) in [5, 5.41) is 2.46. The van der Waals surface area contributed by atoms with Crippen molar-refractivity contribution in [3.63, 3.8) is 0 Å². The standard InChI is InChI=1S/C23H25NO4/c1-15-4-3-5-19-21(15)18-7-6-16(22(25)26-2)14-20(18)24(19)17-8-10-23(11-9-17)27-12-13-28-23/h3-7,14,17H,8-13H2,1-2H3. The van der Waals surface area contributed by atoms with Crippen molar-refractivity contribution in [1.82, 2.24) is 4.57 Å². The quantitative estimate of drug-likeness (QED) is 0.603. The molecule has 1 aliphatic heterocycles. The Morgan fingerprint density at radius 2 is 1.86 bits per heavy atom. The van der Waals surface area contributed by atoms with Crippen molar-refractivity contribution < 1.29 is 19.0 Å². The second-order valence-corrected chi connectivity index (χ2v) is 7.90. The molecule has 1 saturated heterocycles. The van der Waals surface area contributed by atoms with Crippen molar-refractivity contribution in [2.24, 2.45) is 0 Å². The Hall–Kier alpha value is -2.37. The molecule has 0 atom stereocenters. The number of methoxy groups -OCH3 is 1. The van der Waals surface area contributed by atoms with E-state index in [4.69, 9.17) is 14.2 Å². The van der Waals surface area contributed by atoms with Crippen molar-refractivity contribution in [3.05, 3.63) is 47.5 Å². The maximum absolute atomic E-state index is 12.1. The van der Waals surface area contributed by atoms with Gasteiger partial charge in [0.25, 0.3) is 0 Å². The zero-order chi connectivity index (χ0) is 19.3. The van der Waals surface area contributed by atoms with Crippen LogP contribution in [-0.2, 0) is 14.2 Å². The summed E-state index contributed by atoms with van der Waals surface area (Å²) in [6, 6.07) is 12.7. The molecule has 3 aromatic rings. The van der Waals surface area contributed by atoms with E-state index in [0.29, 0.717) is 24.8 Å². The van der Waals surface area contributed by atoms with E-state index in [-0.39, 0.29) is 11.8 Å². The number of hydrogen-bond donors (Lipinski definition) is 0. The summed E-state index contributed by atoms with van der Waals surface area (Å²) in [5.74, 6) is -0.673. The van der Waals surface area contributed by atoms with Crippen LogP contribution in [-0.4, -0.2) is 36.6 Å². The lowest BCUT2D eigenvalue weighted by molar-refractivity contribution is -0.181. The number of rotatable bonds is 2. The van der Waals surface area contributed by atoms with Gasteiger partial charge in [0.2, 0.25) is 0 Å². The smallest absolute Gasteiger partial charge is 0.337 e. The van der Waals surface area contributed by atoms with Crippen molar-refractivity contribution in [3.8, 4) is 0 Å². The van der Waals surface area contributed by atoms with Crippen LogP contribution in [0.1, 0.15) is 47.6 Å². The van der Waals surface area contributed by atoms with Crippen LogP contribution in [0.4, 0.5) is 0 Å². The number of benzene rings is 2. The third-order valence-corrected chi connectivity index (χ3v) is 6.35. The first-order valence-corrected chi connectivity index (χ1v) is 10.0. The maximum atomic E-state index is 12.1. The van der Waals surface area contributed by atoms with E-state index in [1.165, 1.54) is 29.0 Å². The number of fused-ring (bicyclic) bond motifs is 3. The Morgan fingerprint density at radius 1 is 1.11 bits per heavy atom. The fourth-order valence-corrected chi connectivity index (χ4v) is 5.00. The Labute approximate surface area is 164 Å². The Morgan fingerprint density at radius 3 is 2.57 bits per heavy atom. The van der Waals surface area contributed by atoms with Gasteiger partial charge in [0.1, 0.15) is 0 Å². The highest BCUT2D eigenvalue weighted by molar-refractivity contribution is 6.11. The predicted octanol–water partition coefficient (Wildman–Crippen LogP) is 4.75. The Balaban J connectivity index is 1.65. The van der Waals surface area contributed by atoms with E-state index in [1.807, 2.05) is 12.1 Å². The fourth-order valence-electron chi connectivity index (χ4n) is 5.00. The second-order valence-electron chi connectivity index (χ2n) is 7.90. The van der Waals surface area contributed by atoms with E-state index in [1.54, 1.807) is 0 Å². The molecule has 146 valence electrons. The Kier molecular flexibility index (Phi) is 4.18. The molecule has 5 heteroatoms. The molecule has 0 radical (unpaired) electrons. The van der Waals surface area contributed by atoms with Gasteiger partial charge in [-0.15, -0.1) is 0 Å². The third kappa shape index (κ3) is 2.65. The van der Waals surface area contributed by atoms with Crippen LogP contribution in [0.25, 0.3) is 21.8 Å². The summed E-state index contributed by atoms with van der Waals surface area (Å²) in [5.41, 5.74) is 4.17. The summed E-state index contributed by atoms with van der Waals surface area (Å²) >= 11 is 0. The van der Waals surface area contributed by atoms with E-state index in [0.717, 1.165) is 31.2 Å². The molecule has 0 unspecified atom stereocenters. The van der Waals surface area contributed by atoms with Gasteiger partial charge in [0, 0.05) is 35.2 Å². The van der Waals surface area contributed by atoms with E-state index < -0.39 is 0 Å². The monoisotopic (exact) mass is 379 g/mol. The van der Waals surface area contributed by atoms with Crippen molar-refractivity contribution in [2.75, 3.05) is 20.3 Å². The topological polar surface area (TPSA) is 49.7 Å². The number of carbonyl (C=O) groups is 1. The van der Waals surface area contributed by atoms with Gasteiger partial charge < -0.3 is 18.8 Å². The normalized spacial score (nSPS) is 19.6. The second kappa shape index (κ2) is 6.61. The summed E-state index contributed by atoms with van der Waals surface area (Å²) < 4.78 is 19.2. The van der Waals surface area contributed by atoms with Crippen LogP contribution in [0, 0.1) is 6.92 Å². The molecule has 5 nitrogen and oxygen atoms in total. The van der Waals surface area contributed by atoms with Gasteiger partial charge in [-0.2, -0.15) is 0 Å². The van der Waals surface area contributed by atoms with Crippen molar-refractivity contribution >= 4 is 27.8 Å². The number of nitrogens with zero attached hydrogens (tertiary/aromatic N) is 1. The molecule has 0 bridgehead atoms. The van der Waals surface area contributed by atoms with Crippen LogP contribution in [0.2, 0.25) is 0 Å². The first kappa shape index (κ1) is 17.7. The summed E-state index contributed by atoms with van der Waals surface area (Å²) in [6.45, 7) is 3.54. The summed E-state index contributed by atoms with van der Waals surface area (Å²) in [6.07, 6.45) is 3.80. The molecule has 2 fully saturated rings. The SMILES string of the molecule is COC(=O)c1ccc2c3c(C)cccc3n(C3CCC4(CC3)OCCO4)c2c1. The van der Waals surface area contributed by atoms with Gasteiger partial charge in [0.15, 0.2) is 5.79 Å². The zero-order valence-electron chi connectivity index (χ0n) is 16.4. The van der Waals surface area contributed by atoms with Crippen LogP contribution >= 0.6 is 0 Å². The van der Waals surface area contributed by atoms with Crippen LogP contribution in [0.5, 0.6) is 0 Å². The first-order chi connectivity index (χ1) is 13.6. The number of aromatic nitrogens is 1. The van der Waals surface area contributed by atoms with E-state index in [9.17, 15) is 4.79 Å². The predicted molar refractivity (Wildman–Crippen MR) is 108 cm³/mol. The Bertz CT molecular complexity index is 1050. The molecular formula is C23H25NO4. The lowest BCUT2D eigenvalue weighted by Gasteiger charge is -2.36. The van der Waals surface area contributed by atoms with Gasteiger partial charge in [-0.3, -0.25) is 0 Å². The maximum Gasteiger partial charge on any atom is 0.337 e. The highest BCUT2D eigenvalue weighted by Crippen LogP contribution is 2.44. The highest BCUT2D eigenvalue weighted by atomic mass is 16.7.